The van der Waals surface area contributed by atoms with Crippen LogP contribution >= 0.6 is 11.6 Å². The maximum absolute atomic E-state index is 13.1. The predicted octanol–water partition coefficient (Wildman–Crippen LogP) is 2.58. The highest BCUT2D eigenvalue weighted by atomic mass is 35.5. The van der Waals surface area contributed by atoms with Gasteiger partial charge in [-0.3, -0.25) is 0 Å². The molecule has 0 saturated heterocycles. The van der Waals surface area contributed by atoms with Crippen LogP contribution in [0.15, 0.2) is 24.3 Å². The van der Waals surface area contributed by atoms with Crippen molar-refractivity contribution in [3.8, 4) is 0 Å². The van der Waals surface area contributed by atoms with Crippen molar-refractivity contribution in [3.63, 3.8) is 0 Å². The van der Waals surface area contributed by atoms with Crippen LogP contribution in [-0.2, 0) is 5.41 Å². The van der Waals surface area contributed by atoms with Crippen molar-refractivity contribution in [1.29, 1.82) is 0 Å². The molecule has 0 bridgehead atoms. The molecule has 1 aromatic rings. The second-order valence-electron chi connectivity index (χ2n) is 3.67. The summed E-state index contributed by atoms with van der Waals surface area (Å²) in [7, 11) is 0. The number of hydrogen-bond acceptors (Lipinski definition) is 1. The molecule has 1 fully saturated rings. The van der Waals surface area contributed by atoms with E-state index in [1.165, 1.54) is 0 Å². The van der Waals surface area contributed by atoms with Crippen LogP contribution in [0.4, 0.5) is 8.78 Å². The summed E-state index contributed by atoms with van der Waals surface area (Å²) >= 11 is 5.68. The predicted molar refractivity (Wildman–Crippen MR) is 51.7 cm³/mol. The molecule has 0 heterocycles. The van der Waals surface area contributed by atoms with E-state index < -0.39 is 11.3 Å². The lowest BCUT2D eigenvalue weighted by Crippen LogP contribution is -2.26. The minimum absolute atomic E-state index is 0.0262. The minimum atomic E-state index is -2.66. The molecule has 14 heavy (non-hydrogen) atoms. The van der Waals surface area contributed by atoms with Crippen molar-refractivity contribution in [2.24, 2.45) is 5.73 Å². The van der Waals surface area contributed by atoms with Crippen molar-refractivity contribution in [1.82, 2.24) is 0 Å². The maximum Gasteiger partial charge on any atom is 0.260 e. The molecular weight excluding hydrogens is 208 g/mol. The van der Waals surface area contributed by atoms with Crippen LogP contribution in [-0.4, -0.2) is 12.5 Å². The fourth-order valence-electron chi connectivity index (χ4n) is 1.76. The van der Waals surface area contributed by atoms with Gasteiger partial charge in [-0.05, 0) is 17.7 Å². The molecule has 0 aliphatic heterocycles. The molecule has 0 aromatic heterocycles. The van der Waals surface area contributed by atoms with Gasteiger partial charge in [0.2, 0.25) is 0 Å². The van der Waals surface area contributed by atoms with E-state index in [4.69, 9.17) is 17.3 Å². The number of benzene rings is 1. The number of hydrogen-bond donors (Lipinski definition) is 1. The second-order valence-corrected chi connectivity index (χ2v) is 4.11. The Morgan fingerprint density at radius 3 is 2.14 bits per heavy atom. The Bertz CT molecular complexity index is 350. The van der Waals surface area contributed by atoms with Crippen molar-refractivity contribution in [3.05, 3.63) is 34.9 Å². The molecule has 4 heteroatoms. The highest BCUT2D eigenvalue weighted by Crippen LogP contribution is 2.60. The normalized spacial score (nSPS) is 28.9. The zero-order chi connectivity index (χ0) is 10.4. The average Bonchev–Trinajstić information content (AvgIpc) is 2.71. The molecule has 76 valence electrons. The smallest absolute Gasteiger partial charge is 0.260 e. The Labute approximate surface area is 85.9 Å². The molecule has 1 unspecified atom stereocenters. The molecule has 2 N–H and O–H groups in total. The molecule has 2 rings (SSSR count). The first-order valence-corrected chi connectivity index (χ1v) is 4.74. The molecule has 1 nitrogen and oxygen atoms in total. The average molecular weight is 218 g/mol. The Balaban J connectivity index is 2.36. The molecular formula is C10H10ClF2N. The molecule has 0 amide bonds. The van der Waals surface area contributed by atoms with Crippen LogP contribution in [0.5, 0.6) is 0 Å². The van der Waals surface area contributed by atoms with Gasteiger partial charge in [-0.1, -0.05) is 23.7 Å². The Hall–Kier alpha value is -0.670. The van der Waals surface area contributed by atoms with Crippen LogP contribution in [0.25, 0.3) is 0 Å². The van der Waals surface area contributed by atoms with Crippen LogP contribution < -0.4 is 5.73 Å². The topological polar surface area (TPSA) is 26.0 Å². The van der Waals surface area contributed by atoms with Gasteiger partial charge in [0.15, 0.2) is 0 Å². The largest absolute Gasteiger partial charge is 0.329 e. The molecule has 0 radical (unpaired) electrons. The van der Waals surface area contributed by atoms with E-state index in [0.29, 0.717) is 10.6 Å². The van der Waals surface area contributed by atoms with E-state index in [0.717, 1.165) is 0 Å². The zero-order valence-corrected chi connectivity index (χ0v) is 8.19. The summed E-state index contributed by atoms with van der Waals surface area (Å²) in [5, 5.41) is 0.546. The summed E-state index contributed by atoms with van der Waals surface area (Å²) in [5.41, 5.74) is 4.84. The third-order valence-electron chi connectivity index (χ3n) is 2.84. The summed E-state index contributed by atoms with van der Waals surface area (Å²) in [6.07, 6.45) is -0.155. The molecule has 1 saturated carbocycles. The Kier molecular flexibility index (Phi) is 2.05. The van der Waals surface area contributed by atoms with Gasteiger partial charge in [-0.2, -0.15) is 0 Å². The third kappa shape index (κ3) is 1.23. The van der Waals surface area contributed by atoms with Gasteiger partial charge in [0.05, 0.1) is 5.41 Å². The molecule has 1 atom stereocenters. The summed E-state index contributed by atoms with van der Waals surface area (Å²) in [6.45, 7) is -0.0262. The van der Waals surface area contributed by atoms with Gasteiger partial charge in [0, 0.05) is 18.0 Å². The van der Waals surface area contributed by atoms with E-state index in [2.05, 4.69) is 0 Å². The monoisotopic (exact) mass is 217 g/mol. The molecule has 1 aliphatic rings. The molecule has 0 spiro atoms. The van der Waals surface area contributed by atoms with Crippen LogP contribution in [0.2, 0.25) is 5.02 Å². The van der Waals surface area contributed by atoms with Crippen molar-refractivity contribution in [2.75, 3.05) is 6.54 Å². The Morgan fingerprint density at radius 2 is 1.79 bits per heavy atom. The van der Waals surface area contributed by atoms with E-state index in [1.54, 1.807) is 24.3 Å². The number of nitrogens with two attached hydrogens (primary N) is 1. The van der Waals surface area contributed by atoms with Gasteiger partial charge >= 0.3 is 0 Å². The molecule has 1 aromatic carbocycles. The number of alkyl halides is 2. The first-order valence-electron chi connectivity index (χ1n) is 4.36. The molecule has 1 aliphatic carbocycles. The van der Waals surface area contributed by atoms with E-state index in [1.807, 2.05) is 0 Å². The highest BCUT2D eigenvalue weighted by Gasteiger charge is 2.70. The number of rotatable bonds is 2. The lowest BCUT2D eigenvalue weighted by molar-refractivity contribution is 0.0896. The standard InChI is InChI=1S/C10H10ClF2N/c11-8-3-1-7(2-4-8)9(6-14)5-10(9,12)13/h1-4H,5-6,14H2. The fourth-order valence-corrected chi connectivity index (χ4v) is 1.88. The lowest BCUT2D eigenvalue weighted by Gasteiger charge is -2.13. The van der Waals surface area contributed by atoms with Gasteiger partial charge in [-0.25, -0.2) is 8.78 Å². The fraction of sp³-hybridized carbons (Fsp3) is 0.400. The van der Waals surface area contributed by atoms with Gasteiger partial charge in [0.1, 0.15) is 0 Å². The lowest BCUT2D eigenvalue weighted by atomic mass is 9.95. The Morgan fingerprint density at radius 1 is 1.29 bits per heavy atom. The van der Waals surface area contributed by atoms with Crippen molar-refractivity contribution in [2.45, 2.75) is 17.8 Å². The van der Waals surface area contributed by atoms with E-state index in [9.17, 15) is 8.78 Å². The van der Waals surface area contributed by atoms with Gasteiger partial charge < -0.3 is 5.73 Å². The number of halogens is 3. The van der Waals surface area contributed by atoms with Gasteiger partial charge in [-0.15, -0.1) is 0 Å². The quantitative estimate of drug-likeness (QED) is 0.810. The van der Waals surface area contributed by atoms with Gasteiger partial charge in [0.25, 0.3) is 5.92 Å². The van der Waals surface area contributed by atoms with Crippen LogP contribution in [0.1, 0.15) is 12.0 Å². The summed E-state index contributed by atoms with van der Waals surface area (Å²) in [5.74, 6) is -2.66. The van der Waals surface area contributed by atoms with Crippen molar-refractivity contribution < 1.29 is 8.78 Å². The first kappa shape index (κ1) is 9.87. The highest BCUT2D eigenvalue weighted by molar-refractivity contribution is 6.30. The summed E-state index contributed by atoms with van der Waals surface area (Å²) < 4.78 is 26.3. The second kappa shape index (κ2) is 2.91. The zero-order valence-electron chi connectivity index (χ0n) is 7.43. The first-order chi connectivity index (χ1) is 6.52. The summed E-state index contributed by atoms with van der Waals surface area (Å²) in [6, 6.07) is 6.47. The maximum atomic E-state index is 13.1. The third-order valence-corrected chi connectivity index (χ3v) is 3.10. The van der Waals surface area contributed by atoms with Crippen molar-refractivity contribution >= 4 is 11.6 Å². The van der Waals surface area contributed by atoms with Crippen LogP contribution in [0, 0.1) is 0 Å². The van der Waals surface area contributed by atoms with E-state index >= 15 is 0 Å². The minimum Gasteiger partial charge on any atom is -0.329 e. The van der Waals surface area contributed by atoms with Crippen LogP contribution in [0.3, 0.4) is 0 Å². The SMILES string of the molecule is NCC1(c2ccc(Cl)cc2)CC1(F)F. The summed E-state index contributed by atoms with van der Waals surface area (Å²) in [4.78, 5) is 0. The van der Waals surface area contributed by atoms with E-state index in [-0.39, 0.29) is 13.0 Å².